The molecule has 3 rings (SSSR count). The first kappa shape index (κ1) is 17.8. The average molecular weight is 455 g/mol. The summed E-state index contributed by atoms with van der Waals surface area (Å²) in [6, 6.07) is 9.85. The summed E-state index contributed by atoms with van der Waals surface area (Å²) in [4.78, 5) is 28.8. The Labute approximate surface area is 153 Å². The van der Waals surface area contributed by atoms with Gasteiger partial charge < -0.3 is 0 Å². The number of aromatic nitrogens is 2. The maximum absolute atomic E-state index is 12.1. The molecule has 1 saturated heterocycles. The molecule has 25 heavy (non-hydrogen) atoms. The topological polar surface area (TPSA) is 113 Å². The number of rotatable bonds is 5. The zero-order valence-electron chi connectivity index (χ0n) is 13.5. The van der Waals surface area contributed by atoms with E-state index in [0.717, 1.165) is 4.47 Å². The van der Waals surface area contributed by atoms with Crippen molar-refractivity contribution in [1.82, 2.24) is 9.55 Å². The van der Waals surface area contributed by atoms with Crippen LogP contribution in [0.5, 0.6) is 0 Å². The third kappa shape index (κ3) is 4.14. The van der Waals surface area contributed by atoms with E-state index in [1.807, 2.05) is 18.2 Å². The minimum absolute atomic E-state index is 0.220. The van der Waals surface area contributed by atoms with E-state index >= 15 is 0 Å². The number of H-pyrrole nitrogens is 1. The van der Waals surface area contributed by atoms with Gasteiger partial charge in [0.15, 0.2) is 0 Å². The zero-order chi connectivity index (χ0) is 17.8. The minimum atomic E-state index is -0.535. The van der Waals surface area contributed by atoms with Gasteiger partial charge in [0.25, 0.3) is 0 Å². The number of ether oxygens (including phenoxy) is 1. The van der Waals surface area contributed by atoms with Gasteiger partial charge in [-0.05, 0) is 0 Å². The van der Waals surface area contributed by atoms with E-state index in [1.54, 1.807) is 6.92 Å². The van der Waals surface area contributed by atoms with Crippen LogP contribution in [0.1, 0.15) is 18.2 Å². The second-order valence-electron chi connectivity index (χ2n) is 5.74. The molecule has 1 aliphatic rings. The van der Waals surface area contributed by atoms with Crippen LogP contribution >= 0.6 is 0 Å². The molecule has 0 radical (unpaired) electrons. The van der Waals surface area contributed by atoms with Crippen LogP contribution in [-0.4, -0.2) is 42.6 Å². The van der Waals surface area contributed by atoms with Gasteiger partial charge in [-0.1, -0.05) is 0 Å². The first-order valence-corrected chi connectivity index (χ1v) is 10.6. The first-order chi connectivity index (χ1) is 12.1. The fourth-order valence-electron chi connectivity index (χ4n) is 2.72. The van der Waals surface area contributed by atoms with Gasteiger partial charge in [0, 0.05) is 0 Å². The van der Waals surface area contributed by atoms with Crippen molar-refractivity contribution in [3.63, 3.8) is 0 Å². The van der Waals surface area contributed by atoms with E-state index in [1.165, 1.54) is 14.4 Å². The van der Waals surface area contributed by atoms with E-state index in [0.29, 0.717) is 12.0 Å². The van der Waals surface area contributed by atoms with E-state index in [-0.39, 0.29) is 12.1 Å². The average Bonchev–Trinajstić information content (AvgIpc) is 3.00. The number of hydrogen-bond donors (Lipinski definition) is 1. The molecule has 0 bridgehead atoms. The van der Waals surface area contributed by atoms with Crippen LogP contribution in [0.25, 0.3) is 10.4 Å². The Morgan fingerprint density at radius 2 is 2.16 bits per heavy atom. The SMILES string of the molecule is Cc1cn([C@H]2C[C@H](N=[N+]=[N-])[C@@H](C[Te]c3ccccc3)O2)c(=O)[nH]c1=O. The summed E-state index contributed by atoms with van der Waals surface area (Å²) < 4.78 is 9.51. The molecule has 2 aromatic rings. The van der Waals surface area contributed by atoms with Gasteiger partial charge in [-0.25, -0.2) is 0 Å². The van der Waals surface area contributed by atoms with Crippen LogP contribution in [0, 0.1) is 6.92 Å². The van der Waals surface area contributed by atoms with Crippen molar-refractivity contribution in [3.8, 4) is 0 Å². The first-order valence-electron chi connectivity index (χ1n) is 7.78. The van der Waals surface area contributed by atoms with Crippen molar-refractivity contribution in [3.05, 3.63) is 73.4 Å². The van der Waals surface area contributed by atoms with Crippen molar-refractivity contribution in [1.29, 1.82) is 0 Å². The van der Waals surface area contributed by atoms with Crippen LogP contribution in [0.4, 0.5) is 0 Å². The molecule has 1 aromatic heterocycles. The van der Waals surface area contributed by atoms with Gasteiger partial charge in [0.1, 0.15) is 0 Å². The molecule has 0 saturated carbocycles. The van der Waals surface area contributed by atoms with Crippen LogP contribution < -0.4 is 14.9 Å². The molecular formula is C16H17N5O3Te. The van der Waals surface area contributed by atoms with Crippen LogP contribution in [-0.2, 0) is 4.74 Å². The Balaban J connectivity index is 1.78. The van der Waals surface area contributed by atoms with Gasteiger partial charge in [0.2, 0.25) is 0 Å². The number of hydrogen-bond acceptors (Lipinski definition) is 4. The van der Waals surface area contributed by atoms with Gasteiger partial charge in [0.05, 0.1) is 0 Å². The molecule has 9 heteroatoms. The molecule has 1 aromatic carbocycles. The van der Waals surface area contributed by atoms with Crippen LogP contribution in [0.3, 0.4) is 0 Å². The summed E-state index contributed by atoms with van der Waals surface area (Å²) >= 11 is -0.483. The summed E-state index contributed by atoms with van der Waals surface area (Å²) in [5, 5.41) is 3.85. The second-order valence-corrected chi connectivity index (χ2v) is 8.86. The molecule has 0 unspecified atom stereocenters. The Kier molecular flexibility index (Phi) is 5.61. The van der Waals surface area contributed by atoms with Gasteiger partial charge in [-0.15, -0.1) is 0 Å². The molecule has 1 aliphatic heterocycles. The van der Waals surface area contributed by atoms with Crippen LogP contribution in [0.2, 0.25) is 4.47 Å². The van der Waals surface area contributed by atoms with E-state index in [2.05, 4.69) is 27.1 Å². The van der Waals surface area contributed by atoms with Crippen molar-refractivity contribution < 1.29 is 4.74 Å². The number of aromatic amines is 1. The Bertz CT molecular complexity index is 904. The summed E-state index contributed by atoms with van der Waals surface area (Å²) in [7, 11) is 0. The number of aryl methyl sites for hydroxylation is 1. The van der Waals surface area contributed by atoms with Crippen molar-refractivity contribution >= 4 is 24.5 Å². The van der Waals surface area contributed by atoms with E-state index in [9.17, 15) is 9.59 Å². The van der Waals surface area contributed by atoms with Crippen molar-refractivity contribution in [2.75, 3.05) is 0 Å². The predicted octanol–water partition coefficient (Wildman–Crippen LogP) is 1.26. The van der Waals surface area contributed by atoms with Crippen LogP contribution in [0.15, 0.2) is 51.2 Å². The summed E-state index contributed by atoms with van der Waals surface area (Å²) in [6.45, 7) is 1.63. The third-order valence-corrected chi connectivity index (χ3v) is 7.16. The summed E-state index contributed by atoms with van der Waals surface area (Å²) in [5.74, 6) is 0. The second kappa shape index (κ2) is 7.89. The summed E-state index contributed by atoms with van der Waals surface area (Å²) in [5.41, 5.74) is 8.34. The van der Waals surface area contributed by atoms with Gasteiger partial charge >= 0.3 is 153 Å². The van der Waals surface area contributed by atoms with Gasteiger partial charge in [-0.3, -0.25) is 0 Å². The number of benzene rings is 1. The Morgan fingerprint density at radius 1 is 1.40 bits per heavy atom. The fourth-order valence-corrected chi connectivity index (χ4v) is 5.59. The Morgan fingerprint density at radius 3 is 2.88 bits per heavy atom. The van der Waals surface area contributed by atoms with Crippen molar-refractivity contribution in [2.45, 2.75) is 36.2 Å². The quantitative estimate of drug-likeness (QED) is 0.317. The molecule has 0 aliphatic carbocycles. The standard InChI is InChI=1S/C16H17N5O3Te/c1-10-8-21(16(23)18-15(10)22)14-7-12(19-20-17)13(24-14)9-25-11-5-3-2-4-6-11/h2-6,8,12-14H,7,9H2,1H3,(H,18,22,23)/t12-,13+,14+/m0/s1. The number of nitrogens with zero attached hydrogens (tertiary/aromatic N) is 4. The van der Waals surface area contributed by atoms with Gasteiger partial charge in [-0.2, -0.15) is 0 Å². The molecule has 1 fully saturated rings. The predicted molar refractivity (Wildman–Crippen MR) is 94.2 cm³/mol. The molecular weight excluding hydrogens is 438 g/mol. The van der Waals surface area contributed by atoms with E-state index < -0.39 is 38.4 Å². The normalized spacial score (nSPS) is 22.5. The molecule has 8 nitrogen and oxygen atoms in total. The molecule has 3 atom stereocenters. The van der Waals surface area contributed by atoms with E-state index in [4.69, 9.17) is 10.3 Å². The number of nitrogens with one attached hydrogen (secondary N) is 1. The zero-order valence-corrected chi connectivity index (χ0v) is 15.9. The summed E-state index contributed by atoms with van der Waals surface area (Å²) in [6.07, 6.45) is 1.16. The maximum atomic E-state index is 12.1. The molecule has 2 heterocycles. The number of azide groups is 1. The molecule has 130 valence electrons. The monoisotopic (exact) mass is 457 g/mol. The Hall–Kier alpha value is -2.04. The molecule has 0 spiro atoms. The van der Waals surface area contributed by atoms with Crippen molar-refractivity contribution in [2.24, 2.45) is 5.11 Å². The third-order valence-electron chi connectivity index (χ3n) is 4.02. The molecule has 1 N–H and O–H groups in total. The fraction of sp³-hybridized carbons (Fsp3) is 0.375. The molecule has 0 amide bonds.